The summed E-state index contributed by atoms with van der Waals surface area (Å²) in [6.45, 7) is 7.47. The lowest BCUT2D eigenvalue weighted by molar-refractivity contribution is -0.164. The minimum Gasteiger partial charge on any atom is -0.390 e. The highest BCUT2D eigenvalue weighted by atomic mass is 16.7. The topological polar surface area (TPSA) is 151 Å². The number of hydrogen-bond acceptors (Lipinski definition) is 9. The number of rotatable bonds is 8. The van der Waals surface area contributed by atoms with Crippen LogP contribution in [-0.4, -0.2) is 48.2 Å². The van der Waals surface area contributed by atoms with Crippen molar-refractivity contribution in [2.45, 2.75) is 64.8 Å². The maximum absolute atomic E-state index is 11.7. The van der Waals surface area contributed by atoms with Gasteiger partial charge in [-0.1, -0.05) is 27.7 Å². The van der Waals surface area contributed by atoms with E-state index in [0.717, 1.165) is 0 Å². The van der Waals surface area contributed by atoms with Gasteiger partial charge in [-0.2, -0.15) is 0 Å². The number of carbonyl (C=O) groups is 4. The largest absolute Gasteiger partial charge is 0.390 e. The van der Waals surface area contributed by atoms with Gasteiger partial charge in [-0.15, -0.1) is 0 Å². The van der Waals surface area contributed by atoms with E-state index in [9.17, 15) is 19.2 Å². The molecule has 1 aliphatic heterocycles. The molecule has 1 saturated heterocycles. The van der Waals surface area contributed by atoms with Crippen LogP contribution in [-0.2, 0) is 33.4 Å². The SMILES string of the molecule is CC(C)C[C@H](N)C(=O)OC(=O)C1OC1C(=O)OC(=O)[C@@H](N)CC(C)C. The molecule has 0 bridgehead atoms. The van der Waals surface area contributed by atoms with Gasteiger partial charge in [0.15, 0.2) is 12.2 Å². The molecule has 142 valence electrons. The fourth-order valence-corrected chi connectivity index (χ4v) is 2.14. The first kappa shape index (κ1) is 21.2. The second-order valence-electron chi connectivity index (χ2n) is 6.93. The average Bonchev–Trinajstić information content (AvgIpc) is 3.25. The van der Waals surface area contributed by atoms with E-state index in [1.165, 1.54) is 0 Å². The monoisotopic (exact) mass is 358 g/mol. The summed E-state index contributed by atoms with van der Waals surface area (Å²) in [7, 11) is 0. The molecule has 1 rings (SSSR count). The van der Waals surface area contributed by atoms with E-state index in [0.29, 0.717) is 12.8 Å². The Morgan fingerprint density at radius 1 is 0.800 bits per heavy atom. The summed E-state index contributed by atoms with van der Waals surface area (Å²) < 4.78 is 14.0. The summed E-state index contributed by atoms with van der Waals surface area (Å²) in [6.07, 6.45) is -1.86. The van der Waals surface area contributed by atoms with Crippen LogP contribution in [0, 0.1) is 11.8 Å². The molecule has 9 heteroatoms. The Labute approximate surface area is 146 Å². The summed E-state index contributed by atoms with van der Waals surface area (Å²) in [5.74, 6) is -3.56. The smallest absolute Gasteiger partial charge is 0.346 e. The van der Waals surface area contributed by atoms with Crippen LogP contribution in [0.25, 0.3) is 0 Å². The minimum atomic E-state index is -1.28. The van der Waals surface area contributed by atoms with Gasteiger partial charge in [-0.25, -0.2) is 19.2 Å². The van der Waals surface area contributed by atoms with Gasteiger partial charge in [0.05, 0.1) is 0 Å². The lowest BCUT2D eigenvalue weighted by Crippen LogP contribution is -2.37. The van der Waals surface area contributed by atoms with Gasteiger partial charge in [0.1, 0.15) is 12.1 Å². The highest BCUT2D eigenvalue weighted by Gasteiger charge is 2.54. The third-order valence-electron chi connectivity index (χ3n) is 3.41. The predicted molar refractivity (Wildman–Crippen MR) is 85.7 cm³/mol. The predicted octanol–water partition coefficient (Wildman–Crippen LogP) is -0.360. The lowest BCUT2D eigenvalue weighted by atomic mass is 10.1. The Balaban J connectivity index is 2.42. The molecule has 0 amide bonds. The quantitative estimate of drug-likeness (QED) is 0.336. The van der Waals surface area contributed by atoms with E-state index in [1.54, 1.807) is 0 Å². The molecule has 0 spiro atoms. The zero-order chi connectivity index (χ0) is 19.3. The molecule has 0 aromatic rings. The Bertz CT molecular complexity index is 487. The van der Waals surface area contributed by atoms with Crippen LogP contribution in [0.4, 0.5) is 0 Å². The molecular formula is C16H26N2O7. The van der Waals surface area contributed by atoms with E-state index in [2.05, 4.69) is 9.47 Å². The fourth-order valence-electron chi connectivity index (χ4n) is 2.14. The summed E-state index contributed by atoms with van der Waals surface area (Å²) in [5.41, 5.74) is 11.2. The van der Waals surface area contributed by atoms with Gasteiger partial charge < -0.3 is 25.7 Å². The van der Waals surface area contributed by atoms with Gasteiger partial charge in [0.2, 0.25) is 0 Å². The number of ether oxygens (including phenoxy) is 3. The Morgan fingerprint density at radius 3 is 1.40 bits per heavy atom. The van der Waals surface area contributed by atoms with Crippen LogP contribution >= 0.6 is 0 Å². The maximum Gasteiger partial charge on any atom is 0.346 e. The van der Waals surface area contributed by atoms with E-state index in [4.69, 9.17) is 16.2 Å². The number of esters is 4. The molecule has 4 N–H and O–H groups in total. The lowest BCUT2D eigenvalue weighted by Gasteiger charge is -2.12. The van der Waals surface area contributed by atoms with Crippen molar-refractivity contribution in [3.63, 3.8) is 0 Å². The van der Waals surface area contributed by atoms with Crippen LogP contribution in [0.5, 0.6) is 0 Å². The Kier molecular flexibility index (Phi) is 7.65. The third kappa shape index (κ3) is 6.89. The molecule has 1 heterocycles. The van der Waals surface area contributed by atoms with E-state index in [1.807, 2.05) is 27.7 Å². The zero-order valence-electron chi connectivity index (χ0n) is 14.9. The molecule has 0 aromatic heterocycles. The van der Waals surface area contributed by atoms with Crippen molar-refractivity contribution in [1.82, 2.24) is 0 Å². The normalized spacial score (nSPS) is 21.6. The van der Waals surface area contributed by atoms with Gasteiger partial charge in [-0.3, -0.25) is 0 Å². The molecule has 0 radical (unpaired) electrons. The van der Waals surface area contributed by atoms with Crippen molar-refractivity contribution in [2.24, 2.45) is 23.3 Å². The second-order valence-corrected chi connectivity index (χ2v) is 6.93. The van der Waals surface area contributed by atoms with Gasteiger partial charge in [0.25, 0.3) is 0 Å². The van der Waals surface area contributed by atoms with Crippen molar-refractivity contribution in [1.29, 1.82) is 0 Å². The fraction of sp³-hybridized carbons (Fsp3) is 0.750. The molecule has 4 atom stereocenters. The highest BCUT2D eigenvalue weighted by Crippen LogP contribution is 2.25. The molecule has 1 aliphatic rings. The first-order valence-corrected chi connectivity index (χ1v) is 8.20. The zero-order valence-corrected chi connectivity index (χ0v) is 14.9. The van der Waals surface area contributed by atoms with Crippen molar-refractivity contribution in [3.05, 3.63) is 0 Å². The van der Waals surface area contributed by atoms with E-state index >= 15 is 0 Å². The molecule has 25 heavy (non-hydrogen) atoms. The van der Waals surface area contributed by atoms with Crippen LogP contribution < -0.4 is 11.5 Å². The molecule has 0 aromatic carbocycles. The summed E-state index contributed by atoms with van der Waals surface area (Å²) in [4.78, 5) is 46.8. The minimum absolute atomic E-state index is 0.151. The molecule has 0 aliphatic carbocycles. The molecule has 9 nitrogen and oxygen atoms in total. The van der Waals surface area contributed by atoms with E-state index < -0.39 is 48.2 Å². The summed E-state index contributed by atoms with van der Waals surface area (Å²) in [5, 5.41) is 0. The number of nitrogens with two attached hydrogens (primary N) is 2. The van der Waals surface area contributed by atoms with Crippen molar-refractivity contribution in [2.75, 3.05) is 0 Å². The number of epoxide rings is 1. The van der Waals surface area contributed by atoms with Gasteiger partial charge in [0, 0.05) is 0 Å². The summed E-state index contributed by atoms with van der Waals surface area (Å²) in [6, 6.07) is -1.88. The van der Waals surface area contributed by atoms with Gasteiger partial charge >= 0.3 is 23.9 Å². The Hall–Kier alpha value is -1.84. The van der Waals surface area contributed by atoms with Crippen molar-refractivity contribution < 1.29 is 33.4 Å². The van der Waals surface area contributed by atoms with Crippen LogP contribution in [0.2, 0.25) is 0 Å². The maximum atomic E-state index is 11.7. The van der Waals surface area contributed by atoms with Gasteiger partial charge in [-0.05, 0) is 24.7 Å². The first-order valence-electron chi connectivity index (χ1n) is 8.20. The van der Waals surface area contributed by atoms with Crippen LogP contribution in [0.1, 0.15) is 40.5 Å². The standard InChI is InChI=1S/C16H26N2O7/c1-7(2)5-9(17)13(19)24-15(21)11-12(23-11)16(22)25-14(20)10(18)6-8(3)4/h7-12H,5-6,17-18H2,1-4H3/t9-,10-,11?,12?/m0/s1. The number of carbonyl (C=O) groups excluding carboxylic acids is 4. The summed E-state index contributed by atoms with van der Waals surface area (Å²) >= 11 is 0. The molecular weight excluding hydrogens is 332 g/mol. The van der Waals surface area contributed by atoms with Crippen molar-refractivity contribution >= 4 is 23.9 Å². The van der Waals surface area contributed by atoms with Crippen LogP contribution in [0.15, 0.2) is 0 Å². The van der Waals surface area contributed by atoms with E-state index in [-0.39, 0.29) is 11.8 Å². The first-order chi connectivity index (χ1) is 11.5. The molecule has 1 fully saturated rings. The number of hydrogen-bond donors (Lipinski definition) is 2. The second kappa shape index (κ2) is 9.02. The Morgan fingerprint density at radius 2 is 1.12 bits per heavy atom. The van der Waals surface area contributed by atoms with Crippen molar-refractivity contribution in [3.8, 4) is 0 Å². The third-order valence-corrected chi connectivity index (χ3v) is 3.41. The average molecular weight is 358 g/mol. The van der Waals surface area contributed by atoms with Crippen LogP contribution in [0.3, 0.4) is 0 Å². The molecule has 2 unspecified atom stereocenters. The highest BCUT2D eigenvalue weighted by molar-refractivity contribution is 5.98. The molecule has 0 saturated carbocycles.